The number of benzene rings is 1. The fourth-order valence-electron chi connectivity index (χ4n) is 2.50. The van der Waals surface area contributed by atoms with Crippen LogP contribution in [0.15, 0.2) is 55.1 Å². The highest BCUT2D eigenvalue weighted by Crippen LogP contribution is 2.08. The van der Waals surface area contributed by atoms with Gasteiger partial charge in [-0.05, 0) is 31.1 Å². The summed E-state index contributed by atoms with van der Waals surface area (Å²) < 4.78 is 3.77. The molecule has 130 valence electrons. The van der Waals surface area contributed by atoms with Crippen LogP contribution in [0.1, 0.15) is 18.1 Å². The van der Waals surface area contributed by atoms with Gasteiger partial charge in [-0.1, -0.05) is 30.3 Å². The van der Waals surface area contributed by atoms with Crippen molar-refractivity contribution in [3.05, 3.63) is 66.2 Å². The van der Waals surface area contributed by atoms with Crippen molar-refractivity contribution in [2.24, 2.45) is 0 Å². The number of rotatable bonds is 7. The van der Waals surface area contributed by atoms with E-state index in [2.05, 4.69) is 39.9 Å². The minimum Gasteiger partial charge on any atom is -0.362 e. The number of hydrogen-bond acceptors (Lipinski definition) is 3. The molecular weight excluding hydrogens is 332 g/mol. The van der Waals surface area contributed by atoms with Gasteiger partial charge in [0.25, 0.3) is 0 Å². The summed E-state index contributed by atoms with van der Waals surface area (Å²) in [6, 6.07) is 10.3. The van der Waals surface area contributed by atoms with Gasteiger partial charge in [0.15, 0.2) is 5.11 Å². The predicted molar refractivity (Wildman–Crippen MR) is 104 cm³/mol. The van der Waals surface area contributed by atoms with Crippen molar-refractivity contribution in [3.63, 3.8) is 0 Å². The standard InChI is InChI=1S/C18H22N6S/c1-2-23-12-16(10-20-23)13-24-14-17(11-21-24)22-18(25)19-9-8-15-6-4-3-5-7-15/h3-7,10-12,14H,2,8-9,13H2,1H3,(H2,19,22,25). The molecule has 2 N–H and O–H groups in total. The Balaban J connectivity index is 1.45. The normalized spacial score (nSPS) is 10.6. The van der Waals surface area contributed by atoms with Crippen LogP contribution in [0, 0.1) is 0 Å². The molecule has 0 bridgehead atoms. The summed E-state index contributed by atoms with van der Waals surface area (Å²) in [6.45, 7) is 4.42. The average Bonchev–Trinajstić information content (AvgIpc) is 3.25. The van der Waals surface area contributed by atoms with E-state index in [9.17, 15) is 0 Å². The lowest BCUT2D eigenvalue weighted by molar-refractivity contribution is 0.654. The molecule has 0 spiro atoms. The Labute approximate surface area is 152 Å². The Morgan fingerprint density at radius 2 is 1.84 bits per heavy atom. The molecule has 0 aliphatic carbocycles. The van der Waals surface area contributed by atoms with Gasteiger partial charge in [0.05, 0.1) is 24.6 Å². The minimum absolute atomic E-state index is 0.606. The maximum Gasteiger partial charge on any atom is 0.170 e. The Kier molecular flexibility index (Phi) is 5.79. The molecule has 25 heavy (non-hydrogen) atoms. The second-order valence-electron chi connectivity index (χ2n) is 5.75. The van der Waals surface area contributed by atoms with E-state index in [-0.39, 0.29) is 0 Å². The fourth-order valence-corrected chi connectivity index (χ4v) is 2.72. The van der Waals surface area contributed by atoms with Gasteiger partial charge < -0.3 is 10.6 Å². The second kappa shape index (κ2) is 8.43. The smallest absolute Gasteiger partial charge is 0.170 e. The first-order valence-electron chi connectivity index (χ1n) is 8.35. The molecule has 0 amide bonds. The highest BCUT2D eigenvalue weighted by molar-refractivity contribution is 7.80. The van der Waals surface area contributed by atoms with E-state index in [0.29, 0.717) is 11.7 Å². The summed E-state index contributed by atoms with van der Waals surface area (Å²) in [5.41, 5.74) is 3.29. The van der Waals surface area contributed by atoms with E-state index < -0.39 is 0 Å². The molecule has 0 aliphatic heterocycles. The van der Waals surface area contributed by atoms with Crippen LogP contribution in [0.3, 0.4) is 0 Å². The first kappa shape index (κ1) is 17.2. The molecule has 3 aromatic rings. The summed E-state index contributed by atoms with van der Waals surface area (Å²) in [4.78, 5) is 0. The second-order valence-corrected chi connectivity index (χ2v) is 6.16. The van der Waals surface area contributed by atoms with E-state index >= 15 is 0 Å². The SMILES string of the molecule is CCn1cc(Cn2cc(NC(=S)NCCc3ccccc3)cn2)cn1. The van der Waals surface area contributed by atoms with Crippen molar-refractivity contribution in [1.82, 2.24) is 24.9 Å². The molecule has 3 rings (SSSR count). The summed E-state index contributed by atoms with van der Waals surface area (Å²) in [5.74, 6) is 0. The van der Waals surface area contributed by atoms with Crippen molar-refractivity contribution in [2.45, 2.75) is 26.4 Å². The van der Waals surface area contributed by atoms with Crippen molar-refractivity contribution >= 4 is 23.0 Å². The van der Waals surface area contributed by atoms with Gasteiger partial charge in [-0.15, -0.1) is 0 Å². The number of aromatic nitrogens is 4. The van der Waals surface area contributed by atoms with E-state index in [1.165, 1.54) is 5.56 Å². The van der Waals surface area contributed by atoms with Gasteiger partial charge in [0, 0.05) is 31.0 Å². The van der Waals surface area contributed by atoms with E-state index in [1.54, 1.807) is 6.20 Å². The number of hydrogen-bond donors (Lipinski definition) is 2. The molecule has 2 aromatic heterocycles. The Morgan fingerprint density at radius 1 is 1.04 bits per heavy atom. The molecule has 1 aromatic carbocycles. The number of thiocarbonyl (C=S) groups is 1. The van der Waals surface area contributed by atoms with Gasteiger partial charge in [-0.3, -0.25) is 9.36 Å². The highest BCUT2D eigenvalue weighted by Gasteiger charge is 2.03. The maximum atomic E-state index is 5.34. The fraction of sp³-hybridized carbons (Fsp3) is 0.278. The highest BCUT2D eigenvalue weighted by atomic mass is 32.1. The number of nitrogens with zero attached hydrogens (tertiary/aromatic N) is 4. The molecule has 0 fully saturated rings. The van der Waals surface area contributed by atoms with Crippen LogP contribution in [0.4, 0.5) is 5.69 Å². The molecule has 0 aliphatic rings. The quantitative estimate of drug-likeness (QED) is 0.639. The third-order valence-corrected chi connectivity index (χ3v) is 4.03. The van der Waals surface area contributed by atoms with E-state index in [4.69, 9.17) is 12.2 Å². The number of aryl methyl sites for hydroxylation is 1. The Bertz CT molecular complexity index is 808. The number of anilines is 1. The topological polar surface area (TPSA) is 59.7 Å². The molecular formula is C18H22N6S. The molecule has 0 unspecified atom stereocenters. The van der Waals surface area contributed by atoms with Gasteiger partial charge in [-0.25, -0.2) is 0 Å². The minimum atomic E-state index is 0.606. The monoisotopic (exact) mass is 354 g/mol. The molecule has 0 radical (unpaired) electrons. The van der Waals surface area contributed by atoms with Crippen molar-refractivity contribution in [2.75, 3.05) is 11.9 Å². The van der Waals surface area contributed by atoms with Crippen LogP contribution in [0.25, 0.3) is 0 Å². The largest absolute Gasteiger partial charge is 0.362 e. The lowest BCUT2D eigenvalue weighted by Crippen LogP contribution is -2.30. The summed E-state index contributed by atoms with van der Waals surface area (Å²) in [6.07, 6.45) is 8.55. The predicted octanol–water partition coefficient (Wildman–Crippen LogP) is 2.68. The molecule has 0 saturated carbocycles. The first-order valence-corrected chi connectivity index (χ1v) is 8.76. The van der Waals surface area contributed by atoms with Crippen molar-refractivity contribution < 1.29 is 0 Å². The Morgan fingerprint density at radius 3 is 2.60 bits per heavy atom. The van der Waals surface area contributed by atoms with Crippen LogP contribution in [0.2, 0.25) is 0 Å². The molecule has 0 atom stereocenters. The lowest BCUT2D eigenvalue weighted by Gasteiger charge is -2.08. The van der Waals surface area contributed by atoms with Crippen LogP contribution < -0.4 is 10.6 Å². The molecule has 2 heterocycles. The van der Waals surface area contributed by atoms with Gasteiger partial charge >= 0.3 is 0 Å². The zero-order chi connectivity index (χ0) is 17.5. The maximum absolute atomic E-state index is 5.34. The third kappa shape index (κ3) is 5.15. The van der Waals surface area contributed by atoms with Crippen molar-refractivity contribution in [3.8, 4) is 0 Å². The van der Waals surface area contributed by atoms with Crippen LogP contribution in [-0.2, 0) is 19.5 Å². The first-order chi connectivity index (χ1) is 12.2. The molecule has 6 nitrogen and oxygen atoms in total. The van der Waals surface area contributed by atoms with E-state index in [0.717, 1.165) is 30.8 Å². The van der Waals surface area contributed by atoms with Crippen molar-refractivity contribution in [1.29, 1.82) is 0 Å². The van der Waals surface area contributed by atoms with Crippen LogP contribution in [-0.4, -0.2) is 31.2 Å². The zero-order valence-electron chi connectivity index (χ0n) is 14.2. The lowest BCUT2D eigenvalue weighted by atomic mass is 10.1. The summed E-state index contributed by atoms with van der Waals surface area (Å²) in [7, 11) is 0. The Hall–Kier alpha value is -2.67. The summed E-state index contributed by atoms with van der Waals surface area (Å²) >= 11 is 5.34. The zero-order valence-corrected chi connectivity index (χ0v) is 15.0. The molecule has 0 saturated heterocycles. The van der Waals surface area contributed by atoms with Gasteiger partial charge in [-0.2, -0.15) is 10.2 Å². The summed E-state index contributed by atoms with van der Waals surface area (Å²) in [5, 5.41) is 15.6. The van der Waals surface area contributed by atoms with Gasteiger partial charge in [0.1, 0.15) is 0 Å². The average molecular weight is 354 g/mol. The third-order valence-electron chi connectivity index (χ3n) is 3.79. The van der Waals surface area contributed by atoms with Crippen LogP contribution in [0.5, 0.6) is 0 Å². The van der Waals surface area contributed by atoms with E-state index in [1.807, 2.05) is 46.2 Å². The molecule has 7 heteroatoms. The van der Waals surface area contributed by atoms with Crippen LogP contribution >= 0.6 is 12.2 Å². The number of nitrogens with one attached hydrogen (secondary N) is 2. The van der Waals surface area contributed by atoms with Gasteiger partial charge in [0.2, 0.25) is 0 Å².